The number of rotatable bonds is 14. The summed E-state index contributed by atoms with van der Waals surface area (Å²) in [6, 6.07) is 194. The fraction of sp³-hybridized carbons (Fsp3) is 0. The van der Waals surface area contributed by atoms with Gasteiger partial charge >= 0.3 is 0 Å². The van der Waals surface area contributed by atoms with Gasteiger partial charge in [0.2, 0.25) is 0 Å². The lowest BCUT2D eigenvalue weighted by atomic mass is 9.94. The van der Waals surface area contributed by atoms with Crippen molar-refractivity contribution < 1.29 is 13.3 Å². The van der Waals surface area contributed by atoms with Crippen molar-refractivity contribution in [2.75, 3.05) is 14.7 Å². The van der Waals surface area contributed by atoms with Crippen molar-refractivity contribution in [3.63, 3.8) is 0 Å². The van der Waals surface area contributed by atoms with Crippen molar-refractivity contribution in [1.82, 2.24) is 0 Å². The van der Waals surface area contributed by atoms with Gasteiger partial charge < -0.3 is 28.0 Å². The van der Waals surface area contributed by atoms with Crippen LogP contribution in [0.1, 0.15) is 0 Å². The number of anilines is 9. The van der Waals surface area contributed by atoms with Gasteiger partial charge in [-0.1, -0.05) is 382 Å². The third kappa shape index (κ3) is 15.3. The van der Waals surface area contributed by atoms with Crippen LogP contribution in [0.3, 0.4) is 0 Å². The molecule has 0 amide bonds. The van der Waals surface area contributed by atoms with E-state index in [1.165, 1.54) is 169 Å². The van der Waals surface area contributed by atoms with Crippen LogP contribution in [-0.2, 0) is 0 Å². The molecule has 6 heteroatoms. The lowest BCUT2D eigenvalue weighted by Crippen LogP contribution is -2.10. The summed E-state index contributed by atoms with van der Waals surface area (Å²) in [6.45, 7) is 0. The molecule has 0 atom stereocenters. The molecule has 3 aromatic heterocycles. The monoisotopic (exact) mass is 1840 g/mol. The number of nitrogens with zero attached hydrogens (tertiary/aromatic N) is 3. The van der Waals surface area contributed by atoms with Gasteiger partial charge in [-0.3, -0.25) is 0 Å². The van der Waals surface area contributed by atoms with Crippen molar-refractivity contribution in [2.45, 2.75) is 0 Å². The van der Waals surface area contributed by atoms with E-state index in [9.17, 15) is 0 Å². The Labute approximate surface area is 831 Å². The zero-order chi connectivity index (χ0) is 95.1. The van der Waals surface area contributed by atoms with E-state index in [1.54, 1.807) is 0 Å². The molecule has 26 aromatic carbocycles. The molecule has 0 N–H and O–H groups in total. The lowest BCUT2D eigenvalue weighted by molar-refractivity contribution is 0.669. The highest BCUT2D eigenvalue weighted by atomic mass is 16.3. The Bertz CT molecular complexity index is 10000. The Kier molecular flexibility index (Phi) is 20.9. The molecule has 29 rings (SSSR count). The minimum absolute atomic E-state index is 0.911. The molecule has 0 saturated carbocycles. The van der Waals surface area contributed by atoms with E-state index >= 15 is 0 Å². The van der Waals surface area contributed by atoms with Crippen molar-refractivity contribution in [3.05, 3.63) is 540 Å². The van der Waals surface area contributed by atoms with Gasteiger partial charge in [-0.25, -0.2) is 0 Å². The predicted octanol–water partition coefficient (Wildman–Crippen LogP) is 39.9. The molecule has 0 radical (unpaired) electrons. The quantitative estimate of drug-likeness (QED) is 0.101. The fourth-order valence-electron chi connectivity index (χ4n) is 21.9. The van der Waals surface area contributed by atoms with Gasteiger partial charge in [0.15, 0.2) is 0 Å². The van der Waals surface area contributed by atoms with Gasteiger partial charge in [-0.2, -0.15) is 0 Å². The summed E-state index contributed by atoms with van der Waals surface area (Å²) in [6.07, 6.45) is 0. The van der Waals surface area contributed by atoms with Crippen molar-refractivity contribution in [2.24, 2.45) is 0 Å². The van der Waals surface area contributed by atoms with Gasteiger partial charge in [0.25, 0.3) is 0 Å². The molecule has 0 unspecified atom stereocenters. The Morgan fingerprint density at radius 2 is 0.354 bits per heavy atom. The minimum Gasteiger partial charge on any atom is -0.456 e. The van der Waals surface area contributed by atoms with Gasteiger partial charge in [0.05, 0.1) is 0 Å². The first-order valence-corrected chi connectivity index (χ1v) is 49.2. The van der Waals surface area contributed by atoms with Gasteiger partial charge in [0, 0.05) is 99.7 Å². The molecular weight excluding hydrogens is 1750 g/mol. The first-order chi connectivity index (χ1) is 71.3. The molecule has 674 valence electrons. The molecule has 0 bridgehead atoms. The van der Waals surface area contributed by atoms with Crippen LogP contribution >= 0.6 is 0 Å². The van der Waals surface area contributed by atoms with Crippen LogP contribution in [0.2, 0.25) is 0 Å². The summed E-state index contributed by atoms with van der Waals surface area (Å²) in [5.41, 5.74) is 27.4. The predicted molar refractivity (Wildman–Crippen MR) is 610 cm³/mol. The fourth-order valence-corrected chi connectivity index (χ4v) is 21.9. The maximum atomic E-state index is 6.33. The SMILES string of the molecule is c1ccc(-c2ccc(N(c3ccc(-c4ccc5ccccc5c4)cc3)c3ccc4ccc5ccc6oc7ccccc7c6c5c4c3)cc2)cc1.c1ccc(-c2ccc(N(c3ccc4c(ccc5ccccc54)c3)c3ccc4ccc5ccc6oc7ccccc7c6c5c4c3)cc2)cc1.c1ccc(-c2cccc(N(c3ccccc3)c3cccc(-c4ccc5ccc6ccc7oc8ccccc8c7c6c5c4)c3)c2)cc1. The smallest absolute Gasteiger partial charge is 0.136 e. The zero-order valence-electron chi connectivity index (χ0n) is 78.5. The maximum absolute atomic E-state index is 6.33. The van der Waals surface area contributed by atoms with Gasteiger partial charge in [0.1, 0.15) is 33.5 Å². The van der Waals surface area contributed by atoms with Crippen molar-refractivity contribution >= 4 is 214 Å². The first kappa shape index (κ1) is 84.2. The van der Waals surface area contributed by atoms with Crippen LogP contribution in [-0.4, -0.2) is 0 Å². The first-order valence-electron chi connectivity index (χ1n) is 49.2. The van der Waals surface area contributed by atoms with Crippen LogP contribution in [0.25, 0.3) is 218 Å². The highest BCUT2D eigenvalue weighted by molar-refractivity contribution is 6.30. The van der Waals surface area contributed by atoms with E-state index in [0.29, 0.717) is 0 Å². The van der Waals surface area contributed by atoms with Crippen molar-refractivity contribution in [3.8, 4) is 55.6 Å². The van der Waals surface area contributed by atoms with Crippen LogP contribution in [0, 0.1) is 0 Å². The molecule has 0 aliphatic rings. The van der Waals surface area contributed by atoms with E-state index < -0.39 is 0 Å². The second-order valence-corrected chi connectivity index (χ2v) is 37.3. The van der Waals surface area contributed by atoms with Gasteiger partial charge in [-0.05, 0) is 294 Å². The second-order valence-electron chi connectivity index (χ2n) is 37.3. The summed E-state index contributed by atoms with van der Waals surface area (Å²) >= 11 is 0. The van der Waals surface area contributed by atoms with Crippen LogP contribution in [0.15, 0.2) is 553 Å². The normalized spacial score (nSPS) is 11.6. The largest absolute Gasteiger partial charge is 0.456 e. The molecule has 0 fully saturated rings. The number of furan rings is 3. The molecule has 0 spiro atoms. The lowest BCUT2D eigenvalue weighted by Gasteiger charge is -2.27. The summed E-state index contributed by atoms with van der Waals surface area (Å²) in [7, 11) is 0. The summed E-state index contributed by atoms with van der Waals surface area (Å²) in [5, 5.41) is 29.0. The molecule has 0 aliphatic heterocycles. The number of hydrogen-bond donors (Lipinski definition) is 0. The van der Waals surface area contributed by atoms with E-state index in [2.05, 4.69) is 536 Å². The Morgan fingerprint density at radius 1 is 0.104 bits per heavy atom. The number of benzene rings is 26. The Morgan fingerprint density at radius 3 is 0.819 bits per heavy atom. The Balaban J connectivity index is 0.000000108. The average Bonchev–Trinajstić information content (AvgIpc) is 1.53. The molecule has 3 heterocycles. The minimum atomic E-state index is 0.911. The van der Waals surface area contributed by atoms with Crippen LogP contribution in [0.4, 0.5) is 51.2 Å². The molecular formula is C138H89N3O3. The number of para-hydroxylation sites is 4. The van der Waals surface area contributed by atoms with E-state index in [0.717, 1.165) is 101 Å². The highest BCUT2D eigenvalue weighted by Crippen LogP contribution is 2.49. The summed E-state index contributed by atoms with van der Waals surface area (Å²) in [4.78, 5) is 7.09. The second kappa shape index (κ2) is 35.7. The van der Waals surface area contributed by atoms with E-state index in [1.807, 2.05) is 18.2 Å². The average molecular weight is 1840 g/mol. The summed E-state index contributed by atoms with van der Waals surface area (Å²) < 4.78 is 19.0. The zero-order valence-corrected chi connectivity index (χ0v) is 78.5. The van der Waals surface area contributed by atoms with E-state index in [4.69, 9.17) is 13.3 Å². The molecule has 0 aliphatic carbocycles. The summed E-state index contributed by atoms with van der Waals surface area (Å²) in [5.74, 6) is 0. The third-order valence-electron chi connectivity index (χ3n) is 28.8. The molecule has 0 saturated heterocycles. The van der Waals surface area contributed by atoms with Crippen LogP contribution < -0.4 is 14.7 Å². The number of fused-ring (bicyclic) bond motifs is 25. The number of hydrogen-bond acceptors (Lipinski definition) is 6. The highest BCUT2D eigenvalue weighted by Gasteiger charge is 2.24. The van der Waals surface area contributed by atoms with Gasteiger partial charge in [-0.15, -0.1) is 0 Å². The maximum Gasteiger partial charge on any atom is 0.136 e. The molecule has 144 heavy (non-hydrogen) atoms. The van der Waals surface area contributed by atoms with E-state index in [-0.39, 0.29) is 0 Å². The standard InChI is InChI=1S/C48H31NO.C46H29NO.C44H29NO/c1-2-8-32(9-3-1)34-18-24-40(25-19-34)49(41-26-20-35(21-27-41)39-17-14-33-10-4-5-11-38(33)30-39)42-28-22-36-15-16-37-23-29-46-48(47(37)44(36)31-42)43-12-6-7-13-45(43)50-46;1-2-8-30(9-3-1)31-18-22-36(23-19-31)47(37-25-26-40-35(28-37)17-15-32-10-4-5-11-39(32)40)38-24-20-33-14-16-34-21-27-44-46(45(34)42(33)29-38)41-12-6-7-13-43(41)48-44;1-3-11-30(12-4-1)33-13-9-17-37(27-33)45(36-15-5-2-6-16-36)38-18-10-14-34(28-38)35-24-22-31-21-23-32-25-26-42-44(43(32)40(31)29-35)39-19-7-8-20-41(39)46-42/h1-31H;1-29H;1-29H. The van der Waals surface area contributed by atoms with Crippen molar-refractivity contribution in [1.29, 1.82) is 0 Å². The molecule has 6 nitrogen and oxygen atoms in total. The molecule has 29 aromatic rings. The topological polar surface area (TPSA) is 49.1 Å². The van der Waals surface area contributed by atoms with Crippen LogP contribution in [0.5, 0.6) is 0 Å². The Hall–Kier alpha value is -19.1. The third-order valence-corrected chi connectivity index (χ3v) is 28.8.